The fourth-order valence-electron chi connectivity index (χ4n) is 6.02. The number of aromatic nitrogens is 1. The largest absolute Gasteiger partial charge is 0.618 e. The van der Waals surface area contributed by atoms with Crippen molar-refractivity contribution in [1.29, 1.82) is 0 Å². The highest BCUT2D eigenvalue weighted by molar-refractivity contribution is 7.89. The summed E-state index contributed by atoms with van der Waals surface area (Å²) in [6, 6.07) is -0.203. The van der Waals surface area contributed by atoms with E-state index < -0.39 is 61.3 Å². The van der Waals surface area contributed by atoms with Crippen LogP contribution >= 0.6 is 0 Å². The average molecular weight is 520 g/mol. The normalized spacial score (nSPS) is 32.2. The molecular weight excluding hydrogens is 492 g/mol. The van der Waals surface area contributed by atoms with Crippen LogP contribution in [-0.2, 0) is 29.1 Å². The zero-order valence-corrected chi connectivity index (χ0v) is 20.6. The van der Waals surface area contributed by atoms with Gasteiger partial charge in [0.2, 0.25) is 17.7 Å². The Kier molecular flexibility index (Phi) is 5.59. The molecule has 0 radical (unpaired) electrons. The van der Waals surface area contributed by atoms with Gasteiger partial charge in [-0.05, 0) is 24.5 Å². The molecule has 4 aliphatic rings. The minimum absolute atomic E-state index is 0.00952. The number of quaternary nitrogens is 1. The number of Topliss-reactive ketones (excluding diaryl/α,β-unsaturated/α-hetero) is 1. The van der Waals surface area contributed by atoms with Crippen LogP contribution < -0.4 is 10.5 Å². The number of pyridine rings is 1. The third-order valence-electron chi connectivity index (χ3n) is 7.39. The van der Waals surface area contributed by atoms with Gasteiger partial charge in [0.1, 0.15) is 30.9 Å². The number of nitrogens with zero attached hydrogens (tertiary/aromatic N) is 3. The highest BCUT2D eigenvalue weighted by atomic mass is 32.2. The Bertz CT molecular complexity index is 1350. The maximum Gasteiger partial charge on any atom is 0.353 e. The van der Waals surface area contributed by atoms with E-state index >= 15 is 0 Å². The molecule has 4 aliphatic heterocycles. The van der Waals surface area contributed by atoms with E-state index in [9.17, 15) is 33.2 Å². The minimum atomic E-state index is -4.62. The summed E-state index contributed by atoms with van der Waals surface area (Å²) in [6.45, 7) is 3.35. The van der Waals surface area contributed by atoms with Gasteiger partial charge in [-0.1, -0.05) is 13.8 Å². The van der Waals surface area contributed by atoms with E-state index in [2.05, 4.69) is 0 Å². The zero-order valence-electron chi connectivity index (χ0n) is 19.7. The first-order valence-electron chi connectivity index (χ1n) is 11.7. The molecule has 12 nitrogen and oxygen atoms in total. The topological polar surface area (TPSA) is 171 Å². The summed E-state index contributed by atoms with van der Waals surface area (Å²) in [5, 5.41) is 23.5. The lowest BCUT2D eigenvalue weighted by molar-refractivity contribution is -1.04. The molecule has 3 N–H and O–H groups in total. The molecule has 2 amide bonds. The average Bonchev–Trinajstić information content (AvgIpc) is 3.32. The van der Waals surface area contributed by atoms with Crippen LogP contribution in [0.3, 0.4) is 0 Å². The van der Waals surface area contributed by atoms with Crippen molar-refractivity contribution in [2.45, 2.75) is 49.8 Å². The number of amides is 2. The second-order valence-electron chi connectivity index (χ2n) is 9.95. The van der Waals surface area contributed by atoms with Crippen molar-refractivity contribution >= 4 is 27.6 Å². The quantitative estimate of drug-likeness (QED) is 0.227. The predicted octanol–water partition coefficient (Wildman–Crippen LogP) is -0.493. The van der Waals surface area contributed by atoms with E-state index in [4.69, 9.17) is 10.5 Å². The van der Waals surface area contributed by atoms with E-state index in [0.717, 1.165) is 16.6 Å². The fourth-order valence-corrected chi connectivity index (χ4v) is 7.83. The first-order chi connectivity index (χ1) is 16.9. The Morgan fingerprint density at radius 1 is 1.36 bits per heavy atom. The van der Waals surface area contributed by atoms with E-state index in [-0.39, 0.29) is 53.5 Å². The van der Waals surface area contributed by atoms with E-state index in [0.29, 0.717) is 0 Å². The monoisotopic (exact) mass is 519 g/mol. The maximum atomic E-state index is 13.9. The second-order valence-corrected chi connectivity index (χ2v) is 11.7. The van der Waals surface area contributed by atoms with Crippen LogP contribution in [0.25, 0.3) is 0 Å². The van der Waals surface area contributed by atoms with Gasteiger partial charge in [0.05, 0.1) is 6.04 Å². The lowest BCUT2D eigenvalue weighted by Gasteiger charge is -2.37. The Hall–Kier alpha value is -3.13. The fraction of sp³-hybridized carbons (Fsp3) is 0.478. The summed E-state index contributed by atoms with van der Waals surface area (Å²) in [5.41, 5.74) is 5.61. The number of hydrogen-bond donors (Lipinski definition) is 2. The lowest BCUT2D eigenvalue weighted by Crippen LogP contribution is -2.61. The molecule has 5 rings (SSSR count). The van der Waals surface area contributed by atoms with Gasteiger partial charge in [0.15, 0.2) is 6.20 Å². The molecule has 5 atom stereocenters. The second kappa shape index (κ2) is 8.20. The summed E-state index contributed by atoms with van der Waals surface area (Å²) in [5.74, 6) is -3.59. The van der Waals surface area contributed by atoms with Gasteiger partial charge in [-0.2, -0.15) is 9.04 Å². The molecule has 5 heterocycles. The van der Waals surface area contributed by atoms with Crippen molar-refractivity contribution in [2.75, 3.05) is 13.2 Å². The molecule has 0 aromatic carbocycles. The number of nitrogens with two attached hydrogens (primary N) is 1. The van der Waals surface area contributed by atoms with Gasteiger partial charge in [-0.3, -0.25) is 9.59 Å². The molecule has 2 saturated heterocycles. The summed E-state index contributed by atoms with van der Waals surface area (Å²) in [6.07, 6.45) is 2.62. The standard InChI is InChI=1S/C23H26N4O8S/c1-12(2)11-14-17-13(22(24)29)7-10-35-21(17)18-20(28)19-15(6-9-27(19,32)23(14)30)26(18)36(33,34)16-5-3-4-8-25(16)31/h3-5,7-8,12,14-15,18-19,32H,6,9-11H2,1-2H3,(H-,24,29)/p+1. The third kappa shape index (κ3) is 3.26. The van der Waals surface area contributed by atoms with Crippen molar-refractivity contribution in [3.63, 3.8) is 0 Å². The number of carbonyl (C=O) groups is 3. The van der Waals surface area contributed by atoms with Gasteiger partial charge >= 0.3 is 21.0 Å². The molecule has 1 aromatic heterocycles. The van der Waals surface area contributed by atoms with Gasteiger partial charge in [-0.25, -0.2) is 18.4 Å². The zero-order chi connectivity index (χ0) is 26.2. The third-order valence-corrected chi connectivity index (χ3v) is 9.28. The molecule has 0 aliphatic carbocycles. The number of primary amides is 1. The van der Waals surface area contributed by atoms with Gasteiger partial charge in [0, 0.05) is 29.7 Å². The number of rotatable bonds is 5. The molecule has 0 spiro atoms. The summed E-state index contributed by atoms with van der Waals surface area (Å²) in [4.78, 5) is 40.2. The van der Waals surface area contributed by atoms with Crippen LogP contribution in [0, 0.1) is 17.0 Å². The van der Waals surface area contributed by atoms with E-state index in [1.54, 1.807) is 0 Å². The Morgan fingerprint density at radius 2 is 2.08 bits per heavy atom. The molecule has 2 bridgehead atoms. The van der Waals surface area contributed by atoms with Crippen molar-refractivity contribution in [1.82, 2.24) is 4.31 Å². The molecule has 2 fully saturated rings. The van der Waals surface area contributed by atoms with Crippen LogP contribution in [0.2, 0.25) is 0 Å². The number of fused-ring (bicyclic) bond motifs is 2. The highest BCUT2D eigenvalue weighted by Gasteiger charge is 2.72. The number of ketones is 1. The van der Waals surface area contributed by atoms with Gasteiger partial charge in [-0.15, -0.1) is 4.65 Å². The molecule has 1 aromatic rings. The van der Waals surface area contributed by atoms with Crippen LogP contribution in [-0.4, -0.2) is 71.5 Å². The molecule has 36 heavy (non-hydrogen) atoms. The highest BCUT2D eigenvalue weighted by Crippen LogP contribution is 2.49. The SMILES string of the molecule is CC(C)CC1C(=O)[N+]2(O)CCC3C2C(=O)C(C2=C1C(C(N)=O)=CCO2)N3S(=O)(=O)c1cccc[n+]1[O-]. The Labute approximate surface area is 207 Å². The number of sulfonamides is 1. The summed E-state index contributed by atoms with van der Waals surface area (Å²) >= 11 is 0. The first kappa shape index (κ1) is 24.6. The minimum Gasteiger partial charge on any atom is -0.618 e. The predicted molar refractivity (Wildman–Crippen MR) is 121 cm³/mol. The molecular formula is C23H27N4O8S+. The number of hydrogen-bond acceptors (Lipinski definition) is 8. The van der Waals surface area contributed by atoms with Gasteiger partial charge < -0.3 is 15.7 Å². The maximum absolute atomic E-state index is 13.9. The van der Waals surface area contributed by atoms with Crippen molar-refractivity contribution in [2.24, 2.45) is 17.6 Å². The van der Waals surface area contributed by atoms with Crippen LogP contribution in [0.15, 0.2) is 52.4 Å². The first-order valence-corrected chi connectivity index (χ1v) is 13.1. The van der Waals surface area contributed by atoms with Crippen molar-refractivity contribution in [3.05, 3.63) is 52.6 Å². The van der Waals surface area contributed by atoms with E-state index in [1.807, 2.05) is 13.8 Å². The number of ether oxygens (including phenoxy) is 1. The lowest BCUT2D eigenvalue weighted by atomic mass is 9.80. The smallest absolute Gasteiger partial charge is 0.353 e. The molecule has 5 unspecified atom stereocenters. The van der Waals surface area contributed by atoms with Crippen LogP contribution in [0.1, 0.15) is 26.7 Å². The van der Waals surface area contributed by atoms with Crippen LogP contribution in [0.4, 0.5) is 0 Å². The van der Waals surface area contributed by atoms with Crippen molar-refractivity contribution in [3.8, 4) is 0 Å². The Morgan fingerprint density at radius 3 is 2.72 bits per heavy atom. The Balaban J connectivity index is 1.82. The molecule has 13 heteroatoms. The molecule has 0 saturated carbocycles. The van der Waals surface area contributed by atoms with E-state index in [1.165, 1.54) is 18.2 Å². The van der Waals surface area contributed by atoms with Crippen molar-refractivity contribution < 1.29 is 42.1 Å². The number of carbonyl (C=O) groups excluding carboxylic acids is 3. The summed E-state index contributed by atoms with van der Waals surface area (Å²) < 4.78 is 33.4. The number of hydroxylamine groups is 3. The molecule has 192 valence electrons. The van der Waals surface area contributed by atoms with Gasteiger partial charge in [0.25, 0.3) is 0 Å². The summed E-state index contributed by atoms with van der Waals surface area (Å²) in [7, 11) is -4.62. The van der Waals surface area contributed by atoms with Crippen LogP contribution in [0.5, 0.6) is 0 Å².